The molecule has 1 unspecified atom stereocenters. The molecule has 0 heterocycles. The summed E-state index contributed by atoms with van der Waals surface area (Å²) >= 11 is 0. The van der Waals surface area contributed by atoms with E-state index in [4.69, 9.17) is 0 Å². The van der Waals surface area contributed by atoms with Crippen LogP contribution in [0.3, 0.4) is 0 Å². The quantitative estimate of drug-likeness (QED) is 0.685. The minimum Gasteiger partial charge on any atom is -0.0739 e. The number of hydrogen-bond donors (Lipinski definition) is 0. The smallest absolute Gasteiger partial charge is 0.0144 e. The van der Waals surface area contributed by atoms with Gasteiger partial charge in [-0.3, -0.25) is 0 Å². The molecular formula is C16H20. The first kappa shape index (κ1) is 11.2. The Kier molecular flexibility index (Phi) is 3.28. The highest BCUT2D eigenvalue weighted by atomic mass is 14.3. The van der Waals surface area contributed by atoms with Gasteiger partial charge in [0.1, 0.15) is 0 Å². The third-order valence-electron chi connectivity index (χ3n) is 3.39. The molecule has 0 fully saturated rings. The summed E-state index contributed by atoms with van der Waals surface area (Å²) in [6, 6.07) is 10.8. The molecule has 1 aliphatic rings. The lowest BCUT2D eigenvalue weighted by molar-refractivity contribution is 0.565. The van der Waals surface area contributed by atoms with E-state index in [1.165, 1.54) is 24.8 Å². The first-order valence-electron chi connectivity index (χ1n) is 6.17. The molecule has 0 aliphatic heterocycles. The van der Waals surface area contributed by atoms with Crippen molar-refractivity contribution in [3.8, 4) is 0 Å². The Bertz CT molecular complexity index is 397. The van der Waals surface area contributed by atoms with Crippen molar-refractivity contribution in [2.45, 2.75) is 38.5 Å². The second-order valence-electron chi connectivity index (χ2n) is 4.89. The Labute approximate surface area is 98.7 Å². The van der Waals surface area contributed by atoms with Gasteiger partial charge in [0.2, 0.25) is 0 Å². The van der Waals surface area contributed by atoms with Crippen molar-refractivity contribution in [3.63, 3.8) is 0 Å². The standard InChI is InChI=1S/C16H20/c1-3-8-14-9-7-12-16(2,13-14)15-10-5-4-6-11-15/h4-7,9-12H,3,8,13H2,1-2H3. The van der Waals surface area contributed by atoms with Crippen LogP contribution < -0.4 is 0 Å². The summed E-state index contributed by atoms with van der Waals surface area (Å²) in [5.74, 6) is 0. The van der Waals surface area contributed by atoms with Gasteiger partial charge in [0.25, 0.3) is 0 Å². The summed E-state index contributed by atoms with van der Waals surface area (Å²) in [4.78, 5) is 0. The van der Waals surface area contributed by atoms with Crippen molar-refractivity contribution in [1.82, 2.24) is 0 Å². The molecule has 0 bridgehead atoms. The van der Waals surface area contributed by atoms with Crippen molar-refractivity contribution < 1.29 is 0 Å². The van der Waals surface area contributed by atoms with Gasteiger partial charge in [-0.1, -0.05) is 74.4 Å². The van der Waals surface area contributed by atoms with Crippen LogP contribution in [0.25, 0.3) is 0 Å². The average molecular weight is 212 g/mol. The van der Waals surface area contributed by atoms with Crippen molar-refractivity contribution in [1.29, 1.82) is 0 Å². The molecule has 2 rings (SSSR count). The average Bonchev–Trinajstić information content (AvgIpc) is 2.31. The number of hydrogen-bond acceptors (Lipinski definition) is 0. The van der Waals surface area contributed by atoms with Gasteiger partial charge in [0, 0.05) is 5.41 Å². The van der Waals surface area contributed by atoms with E-state index in [9.17, 15) is 0 Å². The molecule has 84 valence electrons. The minimum absolute atomic E-state index is 0.195. The molecule has 0 saturated heterocycles. The summed E-state index contributed by atoms with van der Waals surface area (Å²) < 4.78 is 0. The zero-order chi connectivity index (χ0) is 11.4. The fourth-order valence-corrected chi connectivity index (χ4v) is 2.50. The Morgan fingerprint density at radius 2 is 1.94 bits per heavy atom. The second kappa shape index (κ2) is 4.69. The monoisotopic (exact) mass is 212 g/mol. The van der Waals surface area contributed by atoms with Gasteiger partial charge in [-0.25, -0.2) is 0 Å². The molecule has 0 radical (unpaired) electrons. The molecule has 1 aromatic rings. The fourth-order valence-electron chi connectivity index (χ4n) is 2.50. The van der Waals surface area contributed by atoms with Crippen LogP contribution in [0.4, 0.5) is 0 Å². The van der Waals surface area contributed by atoms with Crippen LogP contribution in [0.15, 0.2) is 54.1 Å². The SMILES string of the molecule is CCCC1=CC=CC(C)(c2ccccc2)C1. The zero-order valence-electron chi connectivity index (χ0n) is 10.2. The normalized spacial score (nSPS) is 24.2. The third kappa shape index (κ3) is 2.27. The van der Waals surface area contributed by atoms with Gasteiger partial charge in [-0.15, -0.1) is 0 Å². The lowest BCUT2D eigenvalue weighted by Crippen LogP contribution is -2.21. The number of allylic oxidation sites excluding steroid dienone is 4. The highest BCUT2D eigenvalue weighted by Crippen LogP contribution is 2.36. The van der Waals surface area contributed by atoms with Crippen molar-refractivity contribution in [3.05, 3.63) is 59.7 Å². The maximum absolute atomic E-state index is 2.33. The van der Waals surface area contributed by atoms with E-state index in [0.29, 0.717) is 0 Å². The van der Waals surface area contributed by atoms with Crippen molar-refractivity contribution >= 4 is 0 Å². The van der Waals surface area contributed by atoms with E-state index in [2.05, 4.69) is 62.4 Å². The first-order valence-corrected chi connectivity index (χ1v) is 6.17. The fraction of sp³-hybridized carbons (Fsp3) is 0.375. The lowest BCUT2D eigenvalue weighted by Gasteiger charge is -2.30. The van der Waals surface area contributed by atoms with Gasteiger partial charge >= 0.3 is 0 Å². The second-order valence-corrected chi connectivity index (χ2v) is 4.89. The van der Waals surface area contributed by atoms with Crippen molar-refractivity contribution in [2.75, 3.05) is 0 Å². The zero-order valence-corrected chi connectivity index (χ0v) is 10.2. The summed E-state index contributed by atoms with van der Waals surface area (Å²) in [5.41, 5.74) is 3.20. The summed E-state index contributed by atoms with van der Waals surface area (Å²) in [6.45, 7) is 4.58. The molecule has 0 saturated carbocycles. The molecule has 0 aromatic heterocycles. The molecule has 1 atom stereocenters. The topological polar surface area (TPSA) is 0 Å². The molecule has 0 spiro atoms. The Balaban J connectivity index is 2.23. The van der Waals surface area contributed by atoms with Crippen LogP contribution in [-0.4, -0.2) is 0 Å². The minimum atomic E-state index is 0.195. The van der Waals surface area contributed by atoms with Crippen LogP contribution >= 0.6 is 0 Å². The predicted molar refractivity (Wildman–Crippen MR) is 70.5 cm³/mol. The van der Waals surface area contributed by atoms with E-state index >= 15 is 0 Å². The van der Waals surface area contributed by atoms with E-state index in [0.717, 1.165) is 0 Å². The number of benzene rings is 1. The van der Waals surface area contributed by atoms with E-state index in [1.807, 2.05) is 0 Å². The molecule has 0 heteroatoms. The molecular weight excluding hydrogens is 192 g/mol. The van der Waals surface area contributed by atoms with E-state index < -0.39 is 0 Å². The molecule has 1 aliphatic carbocycles. The van der Waals surface area contributed by atoms with Gasteiger partial charge in [0.15, 0.2) is 0 Å². The van der Waals surface area contributed by atoms with Crippen LogP contribution in [-0.2, 0) is 5.41 Å². The maximum atomic E-state index is 2.33. The third-order valence-corrected chi connectivity index (χ3v) is 3.39. The van der Waals surface area contributed by atoms with E-state index in [1.54, 1.807) is 5.57 Å². The summed E-state index contributed by atoms with van der Waals surface area (Å²) in [7, 11) is 0. The van der Waals surface area contributed by atoms with Gasteiger partial charge in [0.05, 0.1) is 0 Å². The summed E-state index contributed by atoms with van der Waals surface area (Å²) in [6.07, 6.45) is 10.5. The predicted octanol–water partition coefficient (Wildman–Crippen LogP) is 4.63. The first-order chi connectivity index (χ1) is 7.74. The molecule has 1 aromatic carbocycles. The largest absolute Gasteiger partial charge is 0.0739 e. The highest BCUT2D eigenvalue weighted by molar-refractivity contribution is 5.37. The van der Waals surface area contributed by atoms with Gasteiger partial charge in [-0.2, -0.15) is 0 Å². The Hall–Kier alpha value is -1.30. The Morgan fingerprint density at radius 3 is 2.62 bits per heavy atom. The van der Waals surface area contributed by atoms with Crippen LogP contribution in [0.2, 0.25) is 0 Å². The molecule has 0 nitrogen and oxygen atoms in total. The van der Waals surface area contributed by atoms with Crippen molar-refractivity contribution in [2.24, 2.45) is 0 Å². The van der Waals surface area contributed by atoms with Crippen LogP contribution in [0.5, 0.6) is 0 Å². The molecule has 0 amide bonds. The van der Waals surface area contributed by atoms with E-state index in [-0.39, 0.29) is 5.41 Å². The highest BCUT2D eigenvalue weighted by Gasteiger charge is 2.25. The summed E-state index contributed by atoms with van der Waals surface area (Å²) in [5, 5.41) is 0. The van der Waals surface area contributed by atoms with Gasteiger partial charge < -0.3 is 0 Å². The Morgan fingerprint density at radius 1 is 1.19 bits per heavy atom. The lowest BCUT2D eigenvalue weighted by atomic mass is 9.74. The van der Waals surface area contributed by atoms with Gasteiger partial charge in [-0.05, 0) is 18.4 Å². The maximum Gasteiger partial charge on any atom is 0.0144 e. The number of rotatable bonds is 3. The molecule has 16 heavy (non-hydrogen) atoms. The van der Waals surface area contributed by atoms with Crippen LogP contribution in [0.1, 0.15) is 38.7 Å². The van der Waals surface area contributed by atoms with Crippen LogP contribution in [0, 0.1) is 0 Å². The molecule has 0 N–H and O–H groups in total.